The van der Waals surface area contributed by atoms with E-state index in [1.165, 1.54) is 11.8 Å². The number of fused-ring (bicyclic) bond motifs is 1. The van der Waals surface area contributed by atoms with Gasteiger partial charge in [0.15, 0.2) is 9.84 Å². The Hall–Kier alpha value is -1.66. The monoisotopic (exact) mass is 363 g/mol. The van der Waals surface area contributed by atoms with E-state index in [-0.39, 0.29) is 5.75 Å². The van der Waals surface area contributed by atoms with Gasteiger partial charge in [-0.15, -0.1) is 0 Å². The first-order chi connectivity index (χ1) is 11.5. The summed E-state index contributed by atoms with van der Waals surface area (Å²) in [6.07, 6.45) is 4.03. The first-order valence-corrected chi connectivity index (χ1v) is 10.1. The number of rotatable bonds is 2. The Kier molecular flexibility index (Phi) is 3.96. The first-order valence-electron chi connectivity index (χ1n) is 8.12. The zero-order valence-corrected chi connectivity index (χ0v) is 14.7. The lowest BCUT2D eigenvalue weighted by molar-refractivity contribution is 0.498. The van der Waals surface area contributed by atoms with E-state index in [4.69, 9.17) is 11.6 Å². The number of sulfone groups is 1. The van der Waals surface area contributed by atoms with Crippen LogP contribution < -0.4 is 4.90 Å². The van der Waals surface area contributed by atoms with Crippen molar-refractivity contribution in [2.75, 3.05) is 23.7 Å². The molecular formula is C17H18ClN3O2S. The number of hydrogen-bond acceptors (Lipinski definition) is 5. The molecule has 24 heavy (non-hydrogen) atoms. The van der Waals surface area contributed by atoms with Crippen LogP contribution in [0, 0.1) is 0 Å². The van der Waals surface area contributed by atoms with Crippen LogP contribution in [-0.2, 0) is 16.3 Å². The summed E-state index contributed by atoms with van der Waals surface area (Å²) < 4.78 is 23.7. The van der Waals surface area contributed by atoms with Gasteiger partial charge in [-0.2, -0.15) is 0 Å². The number of halogens is 1. The highest BCUT2D eigenvalue weighted by molar-refractivity contribution is 7.91. The summed E-state index contributed by atoms with van der Waals surface area (Å²) in [6, 6.07) is 8.07. The summed E-state index contributed by atoms with van der Waals surface area (Å²) in [5, 5.41) is 0.762. The quantitative estimate of drug-likeness (QED) is 0.821. The van der Waals surface area contributed by atoms with Crippen molar-refractivity contribution in [3.05, 3.63) is 46.7 Å². The van der Waals surface area contributed by atoms with E-state index in [1.54, 1.807) is 0 Å². The average molecular weight is 364 g/mol. The molecule has 7 heteroatoms. The molecule has 0 spiro atoms. The Bertz CT molecular complexity index is 860. The molecule has 2 aliphatic rings. The van der Waals surface area contributed by atoms with Crippen LogP contribution in [0.2, 0.25) is 5.02 Å². The Morgan fingerprint density at radius 3 is 2.54 bits per heavy atom. The minimum atomic E-state index is -3.16. The molecule has 2 aromatic rings. The normalized spacial score (nSPS) is 20.1. The fourth-order valence-electron chi connectivity index (χ4n) is 3.48. The maximum Gasteiger partial charge on any atom is 0.225 e. The van der Waals surface area contributed by atoms with Gasteiger partial charge in [0.1, 0.15) is 4.90 Å². The molecule has 1 aromatic carbocycles. The van der Waals surface area contributed by atoms with Gasteiger partial charge in [-0.3, -0.25) is 0 Å². The van der Waals surface area contributed by atoms with Crippen molar-refractivity contribution in [2.24, 2.45) is 0 Å². The van der Waals surface area contributed by atoms with Gasteiger partial charge in [0.05, 0.1) is 17.6 Å². The molecule has 5 nitrogen and oxygen atoms in total. The van der Waals surface area contributed by atoms with Crippen LogP contribution in [0.15, 0.2) is 35.4 Å². The van der Waals surface area contributed by atoms with Gasteiger partial charge in [-0.25, -0.2) is 18.4 Å². The number of aromatic nitrogens is 2. The predicted octanol–water partition coefficient (Wildman–Crippen LogP) is 2.84. The SMILES string of the molecule is O=S1(=O)CCc2nc(N3CCC(c4ccc(Cl)cc4)CC3)ncc21. The van der Waals surface area contributed by atoms with E-state index in [0.717, 1.165) is 31.0 Å². The standard InChI is InChI=1S/C17H18ClN3O2S/c18-14-3-1-12(2-4-14)13-5-8-21(9-6-13)17-19-11-16-15(20-17)7-10-24(16,22)23/h1-4,11,13H,5-10H2. The molecule has 0 amide bonds. The second-order valence-corrected chi connectivity index (χ2v) is 8.88. The number of piperidine rings is 1. The van der Waals surface area contributed by atoms with E-state index >= 15 is 0 Å². The lowest BCUT2D eigenvalue weighted by Gasteiger charge is -2.32. The minimum absolute atomic E-state index is 0.152. The number of nitrogens with zero attached hydrogens (tertiary/aromatic N) is 3. The van der Waals surface area contributed by atoms with Crippen LogP contribution in [-0.4, -0.2) is 37.2 Å². The molecule has 4 rings (SSSR count). The highest BCUT2D eigenvalue weighted by Crippen LogP contribution is 2.31. The first kappa shape index (κ1) is 15.8. The molecule has 3 heterocycles. The van der Waals surface area contributed by atoms with Gasteiger partial charge in [0.2, 0.25) is 5.95 Å². The third-order valence-electron chi connectivity index (χ3n) is 4.88. The topological polar surface area (TPSA) is 63.2 Å². The third kappa shape index (κ3) is 2.89. The fraction of sp³-hybridized carbons (Fsp3) is 0.412. The van der Waals surface area contributed by atoms with E-state index < -0.39 is 9.84 Å². The fourth-order valence-corrected chi connectivity index (χ4v) is 5.00. The molecule has 1 aromatic heterocycles. The van der Waals surface area contributed by atoms with Crippen molar-refractivity contribution in [3.63, 3.8) is 0 Å². The molecule has 0 atom stereocenters. The van der Waals surface area contributed by atoms with Crippen molar-refractivity contribution in [2.45, 2.75) is 30.1 Å². The van der Waals surface area contributed by atoms with E-state index in [2.05, 4.69) is 27.0 Å². The molecule has 0 bridgehead atoms. The molecule has 0 unspecified atom stereocenters. The third-order valence-corrected chi connectivity index (χ3v) is 6.88. The lowest BCUT2D eigenvalue weighted by atomic mass is 9.89. The lowest BCUT2D eigenvalue weighted by Crippen LogP contribution is -2.34. The number of benzene rings is 1. The van der Waals surface area contributed by atoms with Crippen LogP contribution in [0.4, 0.5) is 5.95 Å². The molecule has 2 aliphatic heterocycles. The largest absolute Gasteiger partial charge is 0.341 e. The molecule has 1 saturated heterocycles. The van der Waals surface area contributed by atoms with Crippen LogP contribution >= 0.6 is 11.6 Å². The van der Waals surface area contributed by atoms with Gasteiger partial charge in [-0.05, 0) is 36.5 Å². The van der Waals surface area contributed by atoms with E-state index in [1.807, 2.05) is 12.1 Å². The van der Waals surface area contributed by atoms with Crippen molar-refractivity contribution in [1.29, 1.82) is 0 Å². The Labute approximate surface area is 146 Å². The second kappa shape index (κ2) is 6.01. The van der Waals surface area contributed by atoms with Crippen molar-refractivity contribution in [3.8, 4) is 0 Å². The highest BCUT2D eigenvalue weighted by Gasteiger charge is 2.30. The summed E-state index contributed by atoms with van der Waals surface area (Å²) in [6.45, 7) is 1.75. The maximum atomic E-state index is 11.9. The van der Waals surface area contributed by atoms with Gasteiger partial charge in [0, 0.05) is 24.5 Å². The van der Waals surface area contributed by atoms with Gasteiger partial charge < -0.3 is 4.90 Å². The Morgan fingerprint density at radius 1 is 1.12 bits per heavy atom. The maximum absolute atomic E-state index is 11.9. The van der Waals surface area contributed by atoms with E-state index in [0.29, 0.717) is 28.9 Å². The Morgan fingerprint density at radius 2 is 1.83 bits per heavy atom. The summed E-state index contributed by atoms with van der Waals surface area (Å²) in [7, 11) is -3.16. The highest BCUT2D eigenvalue weighted by atomic mass is 35.5. The summed E-state index contributed by atoms with van der Waals surface area (Å²) in [5.74, 6) is 1.33. The number of anilines is 1. The molecular weight excluding hydrogens is 346 g/mol. The van der Waals surface area contributed by atoms with Gasteiger partial charge >= 0.3 is 0 Å². The smallest absolute Gasteiger partial charge is 0.225 e. The number of hydrogen-bond donors (Lipinski definition) is 0. The van der Waals surface area contributed by atoms with Crippen molar-refractivity contribution in [1.82, 2.24) is 9.97 Å². The van der Waals surface area contributed by atoms with Crippen molar-refractivity contribution >= 4 is 27.4 Å². The summed E-state index contributed by atoms with van der Waals surface area (Å²) in [5.41, 5.74) is 1.99. The molecule has 126 valence electrons. The van der Waals surface area contributed by atoms with Crippen LogP contribution in [0.3, 0.4) is 0 Å². The van der Waals surface area contributed by atoms with Crippen LogP contribution in [0.1, 0.15) is 30.0 Å². The zero-order chi connectivity index (χ0) is 16.7. The van der Waals surface area contributed by atoms with E-state index in [9.17, 15) is 8.42 Å². The summed E-state index contributed by atoms with van der Waals surface area (Å²) in [4.78, 5) is 11.3. The second-order valence-electron chi connectivity index (χ2n) is 6.36. The van der Waals surface area contributed by atoms with Gasteiger partial charge in [0.25, 0.3) is 0 Å². The molecule has 0 radical (unpaired) electrons. The average Bonchev–Trinajstić information content (AvgIpc) is 2.90. The van der Waals surface area contributed by atoms with Crippen molar-refractivity contribution < 1.29 is 8.42 Å². The summed E-state index contributed by atoms with van der Waals surface area (Å²) >= 11 is 5.95. The molecule has 0 N–H and O–H groups in total. The Balaban J connectivity index is 1.48. The number of aryl methyl sites for hydroxylation is 1. The minimum Gasteiger partial charge on any atom is -0.341 e. The van der Waals surface area contributed by atoms with Gasteiger partial charge in [-0.1, -0.05) is 23.7 Å². The zero-order valence-electron chi connectivity index (χ0n) is 13.2. The predicted molar refractivity (Wildman–Crippen MR) is 93.4 cm³/mol. The van der Waals surface area contributed by atoms with Crippen LogP contribution in [0.25, 0.3) is 0 Å². The molecule has 0 aliphatic carbocycles. The van der Waals surface area contributed by atoms with Crippen LogP contribution in [0.5, 0.6) is 0 Å². The molecule has 1 fully saturated rings. The molecule has 0 saturated carbocycles.